The van der Waals surface area contributed by atoms with Gasteiger partial charge in [-0.25, -0.2) is 8.42 Å². The number of ether oxygens (including phenoxy) is 1. The minimum Gasteiger partial charge on any atom is -0.495 e. The third-order valence-corrected chi connectivity index (χ3v) is 5.61. The van der Waals surface area contributed by atoms with Gasteiger partial charge in [-0.2, -0.15) is 4.31 Å². The molecule has 1 fully saturated rings. The van der Waals surface area contributed by atoms with Crippen LogP contribution in [-0.2, 0) is 14.8 Å². The highest BCUT2D eigenvalue weighted by molar-refractivity contribution is 7.89. The summed E-state index contributed by atoms with van der Waals surface area (Å²) in [7, 11) is -2.20. The van der Waals surface area contributed by atoms with Crippen LogP contribution in [0.15, 0.2) is 23.1 Å². The minimum absolute atomic E-state index is 0.0929. The lowest BCUT2D eigenvalue weighted by molar-refractivity contribution is -0.114. The van der Waals surface area contributed by atoms with E-state index in [1.165, 1.54) is 24.4 Å². The number of nitrogens with zero attached hydrogens (tertiary/aromatic N) is 1. The van der Waals surface area contributed by atoms with Gasteiger partial charge >= 0.3 is 0 Å². The van der Waals surface area contributed by atoms with Gasteiger partial charge in [-0.15, -0.1) is 0 Å². The third kappa shape index (κ3) is 3.59. The molecule has 1 aliphatic heterocycles. The van der Waals surface area contributed by atoms with Crippen molar-refractivity contribution in [1.82, 2.24) is 4.31 Å². The lowest BCUT2D eigenvalue weighted by atomic mass is 10.0. The number of anilines is 1. The molecule has 0 bridgehead atoms. The van der Waals surface area contributed by atoms with Crippen molar-refractivity contribution in [2.75, 3.05) is 25.5 Å². The molecule has 1 saturated heterocycles. The maximum atomic E-state index is 12.9. The summed E-state index contributed by atoms with van der Waals surface area (Å²) in [5.74, 6) is 0.375. The monoisotopic (exact) mass is 326 g/mol. The van der Waals surface area contributed by atoms with Crippen molar-refractivity contribution in [2.24, 2.45) is 5.92 Å². The Bertz CT molecular complexity index is 658. The highest BCUT2D eigenvalue weighted by Crippen LogP contribution is 2.31. The zero-order valence-corrected chi connectivity index (χ0v) is 13.9. The second-order valence-electron chi connectivity index (χ2n) is 5.66. The first-order valence-corrected chi connectivity index (χ1v) is 8.74. The molecule has 122 valence electrons. The number of benzene rings is 1. The zero-order valence-electron chi connectivity index (χ0n) is 13.1. The van der Waals surface area contributed by atoms with Crippen LogP contribution in [0.5, 0.6) is 5.75 Å². The molecule has 2 rings (SSSR count). The molecule has 0 aliphatic carbocycles. The quantitative estimate of drug-likeness (QED) is 0.919. The maximum absolute atomic E-state index is 12.9. The molecule has 7 heteroatoms. The van der Waals surface area contributed by atoms with Crippen molar-refractivity contribution in [2.45, 2.75) is 31.6 Å². The smallest absolute Gasteiger partial charge is 0.246 e. The highest BCUT2D eigenvalue weighted by atomic mass is 32.2. The number of methoxy groups -OCH3 is 1. The molecule has 1 aromatic rings. The van der Waals surface area contributed by atoms with E-state index in [0.29, 0.717) is 24.7 Å². The number of carbonyl (C=O) groups excluding carboxylic acids is 1. The Hall–Kier alpha value is -1.60. The summed E-state index contributed by atoms with van der Waals surface area (Å²) in [5, 5.41) is 2.60. The SMILES string of the molecule is COc1ccc(NC(C)=O)cc1S(=O)(=O)N1CCCC(C)C1. The Morgan fingerprint density at radius 2 is 2.14 bits per heavy atom. The van der Waals surface area contributed by atoms with Crippen LogP contribution in [0.4, 0.5) is 5.69 Å². The molecule has 22 heavy (non-hydrogen) atoms. The van der Waals surface area contributed by atoms with Crippen molar-refractivity contribution in [1.29, 1.82) is 0 Å². The van der Waals surface area contributed by atoms with Gasteiger partial charge in [-0.1, -0.05) is 6.92 Å². The first-order chi connectivity index (χ1) is 10.3. The molecule has 1 N–H and O–H groups in total. The number of sulfonamides is 1. The normalized spacial score (nSPS) is 19.7. The molecule has 1 unspecified atom stereocenters. The van der Waals surface area contributed by atoms with E-state index in [0.717, 1.165) is 12.8 Å². The van der Waals surface area contributed by atoms with Crippen LogP contribution < -0.4 is 10.1 Å². The van der Waals surface area contributed by atoms with Gasteiger partial charge in [0.05, 0.1) is 7.11 Å². The van der Waals surface area contributed by atoms with Gasteiger partial charge in [-0.05, 0) is 37.0 Å². The first kappa shape index (κ1) is 16.8. The number of rotatable bonds is 4. The predicted molar refractivity (Wildman–Crippen MR) is 84.5 cm³/mol. The molecule has 1 heterocycles. The van der Waals surface area contributed by atoms with Crippen LogP contribution in [0.1, 0.15) is 26.7 Å². The van der Waals surface area contributed by atoms with Gasteiger partial charge in [0.2, 0.25) is 15.9 Å². The van der Waals surface area contributed by atoms with E-state index in [4.69, 9.17) is 4.74 Å². The summed E-state index contributed by atoms with van der Waals surface area (Å²) in [5.41, 5.74) is 0.442. The number of hydrogen-bond acceptors (Lipinski definition) is 4. The number of hydrogen-bond donors (Lipinski definition) is 1. The van der Waals surface area contributed by atoms with E-state index in [9.17, 15) is 13.2 Å². The van der Waals surface area contributed by atoms with Crippen molar-refractivity contribution in [3.05, 3.63) is 18.2 Å². The van der Waals surface area contributed by atoms with Crippen LogP contribution in [0.3, 0.4) is 0 Å². The molecule has 1 amide bonds. The van der Waals surface area contributed by atoms with Crippen molar-refractivity contribution in [3.63, 3.8) is 0 Å². The van der Waals surface area contributed by atoms with E-state index in [-0.39, 0.29) is 16.6 Å². The largest absolute Gasteiger partial charge is 0.495 e. The van der Waals surface area contributed by atoms with E-state index in [1.807, 2.05) is 6.92 Å². The topological polar surface area (TPSA) is 75.7 Å². The molecular formula is C15H22N2O4S. The van der Waals surface area contributed by atoms with Crippen LogP contribution in [0.25, 0.3) is 0 Å². The van der Waals surface area contributed by atoms with Crippen molar-refractivity contribution < 1.29 is 17.9 Å². The second-order valence-corrected chi connectivity index (χ2v) is 7.56. The van der Waals surface area contributed by atoms with Crippen LogP contribution >= 0.6 is 0 Å². The molecule has 0 spiro atoms. The Morgan fingerprint density at radius 3 is 2.73 bits per heavy atom. The van der Waals surface area contributed by atoms with Gasteiger partial charge in [0.25, 0.3) is 0 Å². The average molecular weight is 326 g/mol. The fraction of sp³-hybridized carbons (Fsp3) is 0.533. The maximum Gasteiger partial charge on any atom is 0.246 e. The van der Waals surface area contributed by atoms with Crippen molar-refractivity contribution in [3.8, 4) is 5.75 Å². The van der Waals surface area contributed by atoms with Crippen LogP contribution in [-0.4, -0.2) is 38.8 Å². The van der Waals surface area contributed by atoms with Gasteiger partial charge in [0.15, 0.2) is 0 Å². The van der Waals surface area contributed by atoms with E-state index >= 15 is 0 Å². The Labute approximate surface area is 131 Å². The zero-order chi connectivity index (χ0) is 16.3. The summed E-state index contributed by atoms with van der Waals surface area (Å²) in [6.45, 7) is 4.45. The molecule has 0 aromatic heterocycles. The van der Waals surface area contributed by atoms with Crippen LogP contribution in [0.2, 0.25) is 0 Å². The molecule has 1 aliphatic rings. The Kier molecular flexibility index (Phi) is 5.08. The van der Waals surface area contributed by atoms with Crippen molar-refractivity contribution >= 4 is 21.6 Å². The van der Waals surface area contributed by atoms with Crippen LogP contribution in [0, 0.1) is 5.92 Å². The molecule has 0 radical (unpaired) electrons. The number of nitrogens with one attached hydrogen (secondary N) is 1. The molecule has 0 saturated carbocycles. The van der Waals surface area contributed by atoms with E-state index in [1.54, 1.807) is 12.1 Å². The Balaban J connectivity index is 2.41. The third-order valence-electron chi connectivity index (χ3n) is 3.72. The fourth-order valence-corrected chi connectivity index (χ4v) is 4.44. The number of piperidine rings is 1. The van der Waals surface area contributed by atoms with Gasteiger partial charge in [-0.3, -0.25) is 4.79 Å². The highest BCUT2D eigenvalue weighted by Gasteiger charge is 2.31. The van der Waals surface area contributed by atoms with E-state index < -0.39 is 10.0 Å². The van der Waals surface area contributed by atoms with E-state index in [2.05, 4.69) is 5.32 Å². The summed E-state index contributed by atoms with van der Waals surface area (Å²) in [4.78, 5) is 11.3. The molecule has 1 aromatic carbocycles. The summed E-state index contributed by atoms with van der Waals surface area (Å²) in [6.07, 6.45) is 1.89. The summed E-state index contributed by atoms with van der Waals surface area (Å²) >= 11 is 0. The lowest BCUT2D eigenvalue weighted by Crippen LogP contribution is -2.39. The molecule has 6 nitrogen and oxygen atoms in total. The van der Waals surface area contributed by atoms with Gasteiger partial charge in [0.1, 0.15) is 10.6 Å². The molecule has 1 atom stereocenters. The van der Waals surface area contributed by atoms with Gasteiger partial charge < -0.3 is 10.1 Å². The minimum atomic E-state index is -3.64. The Morgan fingerprint density at radius 1 is 1.41 bits per heavy atom. The summed E-state index contributed by atoms with van der Waals surface area (Å²) < 4.78 is 32.5. The molecular weight excluding hydrogens is 304 g/mol. The first-order valence-electron chi connectivity index (χ1n) is 7.30. The predicted octanol–water partition coefficient (Wildman–Crippen LogP) is 2.07. The van der Waals surface area contributed by atoms with Gasteiger partial charge in [0, 0.05) is 25.7 Å². The summed E-state index contributed by atoms with van der Waals surface area (Å²) in [6, 6.07) is 4.64. The fourth-order valence-electron chi connectivity index (χ4n) is 2.66. The number of carbonyl (C=O) groups is 1. The lowest BCUT2D eigenvalue weighted by Gasteiger charge is -2.30. The standard InChI is InChI=1S/C15H22N2O4S/c1-11-5-4-8-17(10-11)22(19,20)15-9-13(16-12(2)18)6-7-14(15)21-3/h6-7,9,11H,4-5,8,10H2,1-3H3,(H,16,18). The average Bonchev–Trinajstić information content (AvgIpc) is 2.46. The second kappa shape index (κ2) is 6.66. The number of amides is 1.